The Morgan fingerprint density at radius 2 is 0.803 bits per heavy atom. The number of carboxylic acids is 1. The highest BCUT2D eigenvalue weighted by Crippen LogP contribution is 2.16. The first kappa shape index (κ1) is 63.0. The van der Waals surface area contributed by atoms with E-state index in [-0.39, 0.29) is 36.2 Å². The number of hydrogen-bond acceptors (Lipinski definition) is 6. The highest BCUT2D eigenvalue weighted by atomic mass is 16.6. The number of quaternary nitrogens is 1. The maximum Gasteiger partial charge on any atom is 0.362 e. The third-order valence-corrected chi connectivity index (χ3v) is 12.2. The van der Waals surface area contributed by atoms with Gasteiger partial charge in [-0.25, -0.2) is 4.79 Å². The summed E-state index contributed by atoms with van der Waals surface area (Å²) in [6.07, 6.45) is 61.3. The third kappa shape index (κ3) is 46.2. The van der Waals surface area contributed by atoms with Crippen molar-refractivity contribution in [3.8, 4) is 0 Å². The first-order chi connectivity index (χ1) is 32.1. The Hall–Kier alpha value is -2.97. The molecule has 0 aromatic carbocycles. The molecule has 0 saturated carbocycles. The van der Waals surface area contributed by atoms with Gasteiger partial charge in [-0.15, -0.1) is 0 Å². The fourth-order valence-corrected chi connectivity index (χ4v) is 8.03. The molecule has 0 heterocycles. The van der Waals surface area contributed by atoms with Crippen molar-refractivity contribution in [2.45, 2.75) is 251 Å². The highest BCUT2D eigenvalue weighted by molar-refractivity contribution is 5.72. The summed E-state index contributed by atoms with van der Waals surface area (Å²) < 4.78 is 17.4. The number of allylic oxidation sites excluding steroid dienone is 10. The highest BCUT2D eigenvalue weighted by Gasteiger charge is 2.31. The van der Waals surface area contributed by atoms with Crippen LogP contribution < -0.4 is 0 Å². The smallest absolute Gasteiger partial charge is 0.362 e. The minimum absolute atomic E-state index is 0.0518. The number of carboxylic acid groups (broad SMARTS) is 1. The molecule has 0 aliphatic carbocycles. The van der Waals surface area contributed by atoms with Crippen LogP contribution in [-0.2, 0) is 28.6 Å². The molecule has 0 aliphatic heterocycles. The number of unbranched alkanes of at least 4 members (excludes halogenated alkanes) is 25. The van der Waals surface area contributed by atoms with Gasteiger partial charge in [-0.3, -0.25) is 9.59 Å². The second-order valence-electron chi connectivity index (χ2n) is 19.4. The molecule has 0 bridgehead atoms. The maximum absolute atomic E-state index is 12.8. The summed E-state index contributed by atoms with van der Waals surface area (Å²) in [7, 11) is 5.54. The molecule has 8 nitrogen and oxygen atoms in total. The Balaban J connectivity index is 4.18. The van der Waals surface area contributed by atoms with Crippen molar-refractivity contribution in [3.05, 3.63) is 60.8 Å². The summed E-state index contributed by atoms with van der Waals surface area (Å²) in [6.45, 7) is 4.55. The molecule has 382 valence electrons. The number of carbonyl (C=O) groups is 3. The normalized spacial score (nSPS) is 13.3. The lowest BCUT2D eigenvalue weighted by Gasteiger charge is -2.31. The van der Waals surface area contributed by atoms with Gasteiger partial charge in [0.15, 0.2) is 12.1 Å². The van der Waals surface area contributed by atoms with Crippen LogP contribution in [0.2, 0.25) is 0 Å². The van der Waals surface area contributed by atoms with Crippen molar-refractivity contribution in [2.24, 2.45) is 0 Å². The summed E-state index contributed by atoms with van der Waals surface area (Å²) >= 11 is 0. The molecule has 8 heteroatoms. The Morgan fingerprint density at radius 1 is 0.455 bits per heavy atom. The van der Waals surface area contributed by atoms with Gasteiger partial charge in [-0.05, 0) is 70.6 Å². The van der Waals surface area contributed by atoms with E-state index in [4.69, 9.17) is 14.2 Å². The average Bonchev–Trinajstić information content (AvgIpc) is 3.28. The number of aliphatic carboxylic acids is 1. The number of nitrogens with zero attached hydrogens (tertiary/aromatic N) is 1. The van der Waals surface area contributed by atoms with Crippen molar-refractivity contribution in [1.82, 2.24) is 0 Å². The molecular formula is C58H104NO7+. The number of likely N-dealkylation sites (N-methyl/N-ethyl adjacent to an activating group) is 1. The fraction of sp³-hybridized carbons (Fsp3) is 0.776. The largest absolute Gasteiger partial charge is 0.477 e. The van der Waals surface area contributed by atoms with E-state index in [2.05, 4.69) is 74.6 Å². The van der Waals surface area contributed by atoms with Crippen molar-refractivity contribution in [1.29, 1.82) is 0 Å². The number of rotatable bonds is 49. The van der Waals surface area contributed by atoms with E-state index in [1.807, 2.05) is 21.1 Å². The molecule has 0 fully saturated rings. The van der Waals surface area contributed by atoms with Crippen LogP contribution in [-0.4, -0.2) is 80.6 Å². The van der Waals surface area contributed by atoms with Crippen LogP contribution in [0.15, 0.2) is 60.8 Å². The molecule has 0 aromatic rings. The topological polar surface area (TPSA) is 99.1 Å². The molecule has 2 atom stereocenters. The van der Waals surface area contributed by atoms with Crippen LogP contribution in [0.1, 0.15) is 239 Å². The van der Waals surface area contributed by atoms with Crippen LogP contribution in [0.3, 0.4) is 0 Å². The lowest BCUT2D eigenvalue weighted by Crippen LogP contribution is -2.50. The van der Waals surface area contributed by atoms with Crippen molar-refractivity contribution < 1.29 is 38.2 Å². The standard InChI is InChI=1S/C58H103NO7/c1-6-8-10-12-14-16-18-20-22-24-26-28-30-32-34-36-38-40-42-44-46-48-56(60)65-53-54(52-64-51-50-55(58(62)63)59(3,4)5)66-57(61)49-47-45-43-41-39-37-35-33-31-29-27-25-23-21-19-17-15-13-11-9-7-2/h8-11,14-17,21,23,54-55H,6-7,12-13,18-20,22,24-53H2,1-5H3/p+1/b10-8+,11-9+,16-14+,17-15+,23-21+. The molecule has 0 saturated heterocycles. The zero-order valence-electron chi connectivity index (χ0n) is 43.6. The Bertz CT molecular complexity index is 1260. The van der Waals surface area contributed by atoms with E-state index < -0.39 is 18.1 Å². The van der Waals surface area contributed by atoms with Crippen LogP contribution in [0.25, 0.3) is 0 Å². The molecule has 66 heavy (non-hydrogen) atoms. The monoisotopic (exact) mass is 927 g/mol. The second kappa shape index (κ2) is 48.5. The first-order valence-corrected chi connectivity index (χ1v) is 27.3. The van der Waals surface area contributed by atoms with Gasteiger partial charge in [0.25, 0.3) is 0 Å². The van der Waals surface area contributed by atoms with E-state index in [0.717, 1.165) is 70.6 Å². The van der Waals surface area contributed by atoms with E-state index in [9.17, 15) is 19.5 Å². The van der Waals surface area contributed by atoms with Gasteiger partial charge in [-0.2, -0.15) is 0 Å². The summed E-state index contributed by atoms with van der Waals surface area (Å²) in [6, 6.07) is -0.617. The van der Waals surface area contributed by atoms with Crippen molar-refractivity contribution in [2.75, 3.05) is 41.0 Å². The van der Waals surface area contributed by atoms with E-state index >= 15 is 0 Å². The quantitative estimate of drug-likeness (QED) is 0.0281. The maximum atomic E-state index is 12.8. The molecule has 0 spiro atoms. The van der Waals surface area contributed by atoms with Gasteiger partial charge in [0.1, 0.15) is 6.61 Å². The van der Waals surface area contributed by atoms with Crippen molar-refractivity contribution >= 4 is 17.9 Å². The Kier molecular flexibility index (Phi) is 46.3. The summed E-state index contributed by atoms with van der Waals surface area (Å²) in [4.78, 5) is 37.2. The number of hydrogen-bond donors (Lipinski definition) is 1. The Labute approximate surface area is 407 Å². The average molecular weight is 927 g/mol. The lowest BCUT2D eigenvalue weighted by atomic mass is 10.0. The minimum Gasteiger partial charge on any atom is -0.477 e. The summed E-state index contributed by atoms with van der Waals surface area (Å²) in [5, 5.41) is 9.67. The van der Waals surface area contributed by atoms with Gasteiger partial charge in [0.05, 0.1) is 34.4 Å². The third-order valence-electron chi connectivity index (χ3n) is 12.2. The SMILES string of the molecule is CC/C=C/C/C=C/C/C=C/CCCCCCCCCCCCCC(=O)OC(COCCC(C(=O)O)[N+](C)(C)C)COC(=O)CCCCCCCCCCCCCCCC/C=C/C/C=C/CC. The van der Waals surface area contributed by atoms with Crippen LogP contribution in [0.5, 0.6) is 0 Å². The fourth-order valence-electron chi connectivity index (χ4n) is 8.03. The number of esters is 2. The summed E-state index contributed by atoms with van der Waals surface area (Å²) in [5.74, 6) is -1.46. The van der Waals surface area contributed by atoms with E-state index in [0.29, 0.717) is 19.3 Å². The molecular weight excluding hydrogens is 823 g/mol. The lowest BCUT2D eigenvalue weighted by molar-refractivity contribution is -0.887. The zero-order valence-corrected chi connectivity index (χ0v) is 43.6. The minimum atomic E-state index is -0.874. The molecule has 0 aliphatic rings. The molecule has 0 aromatic heterocycles. The molecule has 0 amide bonds. The Morgan fingerprint density at radius 3 is 1.18 bits per heavy atom. The van der Waals surface area contributed by atoms with Crippen LogP contribution >= 0.6 is 0 Å². The second-order valence-corrected chi connectivity index (χ2v) is 19.4. The summed E-state index contributed by atoms with van der Waals surface area (Å²) in [5.41, 5.74) is 0. The van der Waals surface area contributed by atoms with Gasteiger partial charge in [0, 0.05) is 19.3 Å². The molecule has 0 rings (SSSR count). The first-order valence-electron chi connectivity index (χ1n) is 27.3. The predicted molar refractivity (Wildman–Crippen MR) is 280 cm³/mol. The molecule has 1 N–H and O–H groups in total. The number of ether oxygens (including phenoxy) is 3. The predicted octanol–water partition coefficient (Wildman–Crippen LogP) is 16.1. The van der Waals surface area contributed by atoms with Gasteiger partial charge >= 0.3 is 17.9 Å². The van der Waals surface area contributed by atoms with Crippen LogP contribution in [0, 0.1) is 0 Å². The van der Waals surface area contributed by atoms with Crippen LogP contribution in [0.4, 0.5) is 0 Å². The van der Waals surface area contributed by atoms with E-state index in [1.54, 1.807) is 0 Å². The van der Waals surface area contributed by atoms with E-state index in [1.165, 1.54) is 135 Å². The molecule has 0 radical (unpaired) electrons. The van der Waals surface area contributed by atoms with Crippen molar-refractivity contribution in [3.63, 3.8) is 0 Å². The van der Waals surface area contributed by atoms with Gasteiger partial charge in [-0.1, -0.05) is 209 Å². The zero-order chi connectivity index (χ0) is 48.4. The molecule has 2 unspecified atom stereocenters. The van der Waals surface area contributed by atoms with Gasteiger partial charge in [0.2, 0.25) is 0 Å². The van der Waals surface area contributed by atoms with Gasteiger partial charge < -0.3 is 23.8 Å². The number of carbonyl (C=O) groups excluding carboxylic acids is 2.